The summed E-state index contributed by atoms with van der Waals surface area (Å²) >= 11 is 0. The molecule has 0 aromatic heterocycles. The van der Waals surface area contributed by atoms with Crippen LogP contribution in [-0.4, -0.2) is 25.6 Å². The number of hydrogen-bond acceptors (Lipinski definition) is 3. The monoisotopic (exact) mass is 220 g/mol. The lowest BCUT2D eigenvalue weighted by Gasteiger charge is -2.14. The van der Waals surface area contributed by atoms with Gasteiger partial charge in [-0.2, -0.15) is 0 Å². The fourth-order valence-electron chi connectivity index (χ4n) is 2.12. The maximum atomic E-state index is 12.3. The number of para-hydroxylation sites is 1. The molecule has 1 aromatic rings. The Morgan fingerprint density at radius 2 is 2.19 bits per heavy atom. The van der Waals surface area contributed by atoms with E-state index in [1.165, 1.54) is 0 Å². The van der Waals surface area contributed by atoms with E-state index < -0.39 is 0 Å². The number of hydrogen-bond donors (Lipinski definition) is 0. The molecule has 2 rings (SSSR count). The second-order valence-corrected chi connectivity index (χ2v) is 4.04. The van der Waals surface area contributed by atoms with E-state index in [0.717, 1.165) is 6.42 Å². The molecule has 0 saturated carbocycles. The molecule has 3 heteroatoms. The van der Waals surface area contributed by atoms with Crippen LogP contribution in [0.4, 0.5) is 0 Å². The van der Waals surface area contributed by atoms with Crippen molar-refractivity contribution in [1.29, 1.82) is 0 Å². The first kappa shape index (κ1) is 11.1. The molecule has 0 spiro atoms. The van der Waals surface area contributed by atoms with E-state index in [1.807, 2.05) is 31.2 Å². The Morgan fingerprint density at radius 3 is 2.81 bits per heavy atom. The number of rotatable bonds is 3. The van der Waals surface area contributed by atoms with Gasteiger partial charge in [0.05, 0.1) is 24.7 Å². The van der Waals surface area contributed by atoms with Crippen molar-refractivity contribution in [3.05, 3.63) is 29.8 Å². The summed E-state index contributed by atoms with van der Waals surface area (Å²) in [7, 11) is 1.58. The van der Waals surface area contributed by atoms with Gasteiger partial charge in [0.1, 0.15) is 5.75 Å². The third-order valence-electron chi connectivity index (χ3n) is 3.09. The van der Waals surface area contributed by atoms with Crippen molar-refractivity contribution in [2.45, 2.75) is 19.4 Å². The van der Waals surface area contributed by atoms with Gasteiger partial charge < -0.3 is 9.47 Å². The van der Waals surface area contributed by atoms with Gasteiger partial charge in [-0.15, -0.1) is 0 Å². The fourth-order valence-corrected chi connectivity index (χ4v) is 2.12. The average molecular weight is 220 g/mol. The Balaban J connectivity index is 2.26. The van der Waals surface area contributed by atoms with Crippen LogP contribution < -0.4 is 4.74 Å². The minimum atomic E-state index is -0.0312. The Kier molecular flexibility index (Phi) is 3.25. The highest BCUT2D eigenvalue weighted by Crippen LogP contribution is 2.28. The van der Waals surface area contributed by atoms with Crippen molar-refractivity contribution in [2.24, 2.45) is 5.92 Å². The second kappa shape index (κ2) is 4.66. The van der Waals surface area contributed by atoms with Crippen LogP contribution in [-0.2, 0) is 4.74 Å². The second-order valence-electron chi connectivity index (χ2n) is 4.04. The van der Waals surface area contributed by atoms with Gasteiger partial charge in [0.15, 0.2) is 5.78 Å². The standard InChI is InChI=1S/C13H16O3/c1-9-10(7-8-16-9)13(14)11-5-3-4-6-12(11)15-2/h3-6,9-10H,7-8H2,1-2H3. The molecule has 0 bridgehead atoms. The van der Waals surface area contributed by atoms with Crippen LogP contribution in [0.3, 0.4) is 0 Å². The Bertz CT molecular complexity index is 387. The first-order chi connectivity index (χ1) is 7.74. The van der Waals surface area contributed by atoms with E-state index in [9.17, 15) is 4.79 Å². The summed E-state index contributed by atoms with van der Waals surface area (Å²) in [6, 6.07) is 7.35. The number of ether oxygens (including phenoxy) is 2. The van der Waals surface area contributed by atoms with Crippen LogP contribution in [0.15, 0.2) is 24.3 Å². The van der Waals surface area contributed by atoms with Gasteiger partial charge in [-0.05, 0) is 25.5 Å². The third kappa shape index (κ3) is 1.95. The molecule has 1 aromatic carbocycles. The summed E-state index contributed by atoms with van der Waals surface area (Å²) in [4.78, 5) is 12.3. The smallest absolute Gasteiger partial charge is 0.172 e. The van der Waals surface area contributed by atoms with Crippen molar-refractivity contribution >= 4 is 5.78 Å². The molecule has 3 nitrogen and oxygen atoms in total. The molecule has 86 valence electrons. The maximum Gasteiger partial charge on any atom is 0.172 e. The fraction of sp³-hybridized carbons (Fsp3) is 0.462. The van der Waals surface area contributed by atoms with Crippen molar-refractivity contribution in [2.75, 3.05) is 13.7 Å². The van der Waals surface area contributed by atoms with Crippen LogP contribution in [0.1, 0.15) is 23.7 Å². The summed E-state index contributed by atoms with van der Waals surface area (Å²) in [6.07, 6.45) is 0.815. The van der Waals surface area contributed by atoms with Crippen LogP contribution in [0.2, 0.25) is 0 Å². The average Bonchev–Trinajstić information content (AvgIpc) is 2.74. The van der Waals surface area contributed by atoms with E-state index >= 15 is 0 Å². The lowest BCUT2D eigenvalue weighted by molar-refractivity contribution is 0.0762. The SMILES string of the molecule is COc1ccccc1C(=O)C1CCOC1C. The van der Waals surface area contributed by atoms with Gasteiger partial charge in [-0.3, -0.25) is 4.79 Å². The number of ketones is 1. The van der Waals surface area contributed by atoms with Gasteiger partial charge >= 0.3 is 0 Å². The van der Waals surface area contributed by atoms with Gasteiger partial charge in [0.2, 0.25) is 0 Å². The largest absolute Gasteiger partial charge is 0.496 e. The van der Waals surface area contributed by atoms with Gasteiger partial charge in [0.25, 0.3) is 0 Å². The highest BCUT2D eigenvalue weighted by Gasteiger charge is 2.32. The molecule has 16 heavy (non-hydrogen) atoms. The number of carbonyl (C=O) groups is 1. The van der Waals surface area contributed by atoms with Gasteiger partial charge in [0, 0.05) is 6.61 Å². The number of Topliss-reactive ketones (excluding diaryl/α,β-unsaturated/α-hetero) is 1. The molecule has 1 saturated heterocycles. The van der Waals surface area contributed by atoms with E-state index in [0.29, 0.717) is 17.9 Å². The zero-order valence-corrected chi connectivity index (χ0v) is 9.60. The quantitative estimate of drug-likeness (QED) is 0.733. The minimum absolute atomic E-state index is 0.0115. The first-order valence-electron chi connectivity index (χ1n) is 5.53. The van der Waals surface area contributed by atoms with Gasteiger partial charge in [-0.25, -0.2) is 0 Å². The van der Waals surface area contributed by atoms with Crippen LogP contribution >= 0.6 is 0 Å². The maximum absolute atomic E-state index is 12.3. The predicted octanol–water partition coefficient (Wildman–Crippen LogP) is 2.30. The van der Waals surface area contributed by atoms with Crippen LogP contribution in [0.5, 0.6) is 5.75 Å². The minimum Gasteiger partial charge on any atom is -0.496 e. The van der Waals surface area contributed by atoms with Crippen molar-refractivity contribution in [3.8, 4) is 5.75 Å². The Labute approximate surface area is 95.4 Å². The van der Waals surface area contributed by atoms with Gasteiger partial charge in [-0.1, -0.05) is 12.1 Å². The van der Waals surface area contributed by atoms with E-state index in [-0.39, 0.29) is 17.8 Å². The summed E-state index contributed by atoms with van der Waals surface area (Å²) in [5, 5.41) is 0. The number of methoxy groups -OCH3 is 1. The molecule has 1 aliphatic rings. The molecule has 0 aliphatic carbocycles. The first-order valence-corrected chi connectivity index (χ1v) is 5.53. The molecule has 0 amide bonds. The third-order valence-corrected chi connectivity index (χ3v) is 3.09. The number of benzene rings is 1. The lowest BCUT2D eigenvalue weighted by Crippen LogP contribution is -2.22. The Morgan fingerprint density at radius 1 is 1.44 bits per heavy atom. The van der Waals surface area contributed by atoms with E-state index in [2.05, 4.69) is 0 Å². The normalized spacial score (nSPS) is 24.4. The molecule has 2 atom stereocenters. The summed E-state index contributed by atoms with van der Waals surface area (Å²) < 4.78 is 10.6. The molecular formula is C13H16O3. The van der Waals surface area contributed by atoms with Crippen LogP contribution in [0.25, 0.3) is 0 Å². The lowest BCUT2D eigenvalue weighted by atomic mass is 9.92. The zero-order valence-electron chi connectivity index (χ0n) is 9.60. The molecule has 1 fully saturated rings. The molecule has 1 heterocycles. The van der Waals surface area contributed by atoms with E-state index in [4.69, 9.17) is 9.47 Å². The van der Waals surface area contributed by atoms with Crippen LogP contribution in [0, 0.1) is 5.92 Å². The highest BCUT2D eigenvalue weighted by molar-refractivity contribution is 6.00. The molecule has 1 aliphatic heterocycles. The zero-order chi connectivity index (χ0) is 11.5. The number of carbonyl (C=O) groups excluding carboxylic acids is 1. The van der Waals surface area contributed by atoms with Crippen molar-refractivity contribution < 1.29 is 14.3 Å². The van der Waals surface area contributed by atoms with E-state index in [1.54, 1.807) is 7.11 Å². The predicted molar refractivity (Wildman–Crippen MR) is 60.8 cm³/mol. The summed E-state index contributed by atoms with van der Waals surface area (Å²) in [6.45, 7) is 2.62. The Hall–Kier alpha value is -1.35. The highest BCUT2D eigenvalue weighted by atomic mass is 16.5. The summed E-state index contributed by atoms with van der Waals surface area (Å²) in [5.41, 5.74) is 0.660. The van der Waals surface area contributed by atoms with Crippen molar-refractivity contribution in [1.82, 2.24) is 0 Å². The molecule has 2 unspecified atom stereocenters. The van der Waals surface area contributed by atoms with Crippen molar-refractivity contribution in [3.63, 3.8) is 0 Å². The molecular weight excluding hydrogens is 204 g/mol. The topological polar surface area (TPSA) is 35.5 Å². The molecule has 0 N–H and O–H groups in total. The summed E-state index contributed by atoms with van der Waals surface area (Å²) in [5.74, 6) is 0.741. The molecule has 0 radical (unpaired) electrons.